The molecule has 8 heteroatoms. The van der Waals surface area contributed by atoms with Gasteiger partial charge in [-0.25, -0.2) is 4.98 Å². The number of morpholine rings is 1. The van der Waals surface area contributed by atoms with E-state index >= 15 is 0 Å². The van der Waals surface area contributed by atoms with Crippen molar-refractivity contribution in [2.75, 3.05) is 32.8 Å². The lowest BCUT2D eigenvalue weighted by Gasteiger charge is -2.27. The van der Waals surface area contributed by atoms with Crippen molar-refractivity contribution in [1.29, 1.82) is 0 Å². The van der Waals surface area contributed by atoms with Gasteiger partial charge in [0.05, 0.1) is 34.2 Å². The number of nitro groups is 1. The summed E-state index contributed by atoms with van der Waals surface area (Å²) in [5.41, 5.74) is 2.41. The third kappa shape index (κ3) is 4.75. The number of hydrogen-bond donors (Lipinski definition) is 0. The van der Waals surface area contributed by atoms with E-state index in [4.69, 9.17) is 21.3 Å². The Bertz CT molecular complexity index is 983. The Kier molecular flexibility index (Phi) is 7.19. The maximum atomic E-state index is 11.2. The van der Waals surface area contributed by atoms with Gasteiger partial charge in [0.2, 0.25) is 0 Å². The molecule has 2 heterocycles. The molecule has 0 saturated carbocycles. The van der Waals surface area contributed by atoms with Crippen molar-refractivity contribution in [3.05, 3.63) is 57.6 Å². The number of para-hydroxylation sites is 2. The molecule has 1 aliphatic heterocycles. The van der Waals surface area contributed by atoms with Crippen LogP contribution in [0.15, 0.2) is 42.5 Å². The van der Waals surface area contributed by atoms with Crippen LogP contribution in [0.5, 0.6) is 0 Å². The Balaban J connectivity index is 0.00000117. The molecule has 0 radical (unpaired) electrons. The molecule has 0 bridgehead atoms. The zero-order valence-electron chi connectivity index (χ0n) is 16.7. The van der Waals surface area contributed by atoms with Gasteiger partial charge in [-0.3, -0.25) is 15.0 Å². The van der Waals surface area contributed by atoms with Gasteiger partial charge in [0.25, 0.3) is 5.69 Å². The second-order valence-electron chi connectivity index (χ2n) is 6.45. The summed E-state index contributed by atoms with van der Waals surface area (Å²) in [6, 6.07) is 12.3. The minimum absolute atomic E-state index is 0.00110. The highest BCUT2D eigenvalue weighted by Crippen LogP contribution is 2.33. The van der Waals surface area contributed by atoms with Gasteiger partial charge in [0, 0.05) is 43.9 Å². The standard InChI is InChI=1S/C19H19ClN4O3.C2H6/c20-16-6-5-14(24(25)26)13-15(16)19-21-17-3-1-2-4-18(17)23(19)8-7-22-9-11-27-12-10-22;1-2/h1-6,13H,7-12H2;1-2H3. The Labute approximate surface area is 175 Å². The molecule has 0 aliphatic carbocycles. The van der Waals surface area contributed by atoms with Crippen molar-refractivity contribution in [1.82, 2.24) is 14.5 Å². The number of ether oxygens (including phenoxy) is 1. The SMILES string of the molecule is CC.O=[N+]([O-])c1ccc(Cl)c(-c2nc3ccccc3n2CCN2CCOCC2)c1. The van der Waals surface area contributed by atoms with E-state index in [1.807, 2.05) is 38.1 Å². The topological polar surface area (TPSA) is 73.4 Å². The van der Waals surface area contributed by atoms with Gasteiger partial charge in [0.15, 0.2) is 0 Å². The first-order valence-corrected chi connectivity index (χ1v) is 10.2. The van der Waals surface area contributed by atoms with E-state index in [1.165, 1.54) is 12.1 Å². The van der Waals surface area contributed by atoms with E-state index < -0.39 is 4.92 Å². The molecule has 1 fully saturated rings. The summed E-state index contributed by atoms with van der Waals surface area (Å²) in [5, 5.41) is 11.6. The molecule has 2 aromatic carbocycles. The van der Waals surface area contributed by atoms with Gasteiger partial charge >= 0.3 is 0 Å². The van der Waals surface area contributed by atoms with Crippen LogP contribution in [0.1, 0.15) is 13.8 Å². The quantitative estimate of drug-likeness (QED) is 0.448. The number of fused-ring (bicyclic) bond motifs is 1. The summed E-state index contributed by atoms with van der Waals surface area (Å²) in [6.07, 6.45) is 0. The van der Waals surface area contributed by atoms with Gasteiger partial charge in [-0.2, -0.15) is 0 Å². The molecule has 1 aromatic heterocycles. The molecule has 0 spiro atoms. The lowest BCUT2D eigenvalue weighted by atomic mass is 10.2. The predicted octanol–water partition coefficient (Wildman–Crippen LogP) is 4.62. The summed E-state index contributed by atoms with van der Waals surface area (Å²) in [7, 11) is 0. The minimum Gasteiger partial charge on any atom is -0.379 e. The van der Waals surface area contributed by atoms with E-state index in [2.05, 4.69) is 9.47 Å². The Hall–Kier alpha value is -2.48. The van der Waals surface area contributed by atoms with Crippen LogP contribution in [-0.2, 0) is 11.3 Å². The number of rotatable bonds is 5. The average molecular weight is 417 g/mol. The second kappa shape index (κ2) is 9.82. The van der Waals surface area contributed by atoms with Crippen molar-refractivity contribution in [2.24, 2.45) is 0 Å². The second-order valence-corrected chi connectivity index (χ2v) is 6.86. The van der Waals surface area contributed by atoms with Crippen LogP contribution in [0.2, 0.25) is 5.02 Å². The fourth-order valence-corrected chi connectivity index (χ4v) is 3.57. The maximum absolute atomic E-state index is 11.2. The number of nitrogens with zero attached hydrogens (tertiary/aromatic N) is 4. The molecule has 3 aromatic rings. The molecular formula is C21H25ClN4O3. The van der Waals surface area contributed by atoms with Crippen LogP contribution in [0.25, 0.3) is 22.4 Å². The van der Waals surface area contributed by atoms with Crippen molar-refractivity contribution < 1.29 is 9.66 Å². The number of aromatic nitrogens is 2. The molecule has 0 unspecified atom stereocenters. The summed E-state index contributed by atoms with van der Waals surface area (Å²) in [5.74, 6) is 0.651. The molecule has 0 amide bonds. The summed E-state index contributed by atoms with van der Waals surface area (Å²) in [6.45, 7) is 8.86. The third-order valence-corrected chi connectivity index (χ3v) is 5.13. The summed E-state index contributed by atoms with van der Waals surface area (Å²) in [4.78, 5) is 17.9. The van der Waals surface area contributed by atoms with Crippen LogP contribution in [0, 0.1) is 10.1 Å². The van der Waals surface area contributed by atoms with E-state index in [9.17, 15) is 10.1 Å². The van der Waals surface area contributed by atoms with Gasteiger partial charge in [-0.15, -0.1) is 0 Å². The van der Waals surface area contributed by atoms with E-state index in [-0.39, 0.29) is 5.69 Å². The van der Waals surface area contributed by atoms with Crippen molar-refractivity contribution in [2.45, 2.75) is 20.4 Å². The molecule has 4 rings (SSSR count). The van der Waals surface area contributed by atoms with Gasteiger partial charge in [-0.05, 0) is 18.2 Å². The van der Waals surface area contributed by atoms with E-state index in [1.54, 1.807) is 6.07 Å². The van der Waals surface area contributed by atoms with Crippen LogP contribution < -0.4 is 0 Å². The average Bonchev–Trinajstić information content (AvgIpc) is 3.13. The highest BCUT2D eigenvalue weighted by Gasteiger charge is 2.19. The smallest absolute Gasteiger partial charge is 0.270 e. The first kappa shape index (κ1) is 21.2. The molecule has 1 aliphatic rings. The van der Waals surface area contributed by atoms with Crippen LogP contribution in [0.3, 0.4) is 0 Å². The summed E-state index contributed by atoms with van der Waals surface area (Å²) >= 11 is 6.38. The Morgan fingerprint density at radius 1 is 1.14 bits per heavy atom. The molecule has 0 N–H and O–H groups in total. The summed E-state index contributed by atoms with van der Waals surface area (Å²) < 4.78 is 7.50. The lowest BCUT2D eigenvalue weighted by molar-refractivity contribution is -0.384. The van der Waals surface area contributed by atoms with E-state index in [0.29, 0.717) is 16.4 Å². The van der Waals surface area contributed by atoms with Crippen LogP contribution in [-0.4, -0.2) is 52.2 Å². The molecule has 29 heavy (non-hydrogen) atoms. The zero-order valence-corrected chi connectivity index (χ0v) is 17.4. The molecule has 1 saturated heterocycles. The van der Waals surface area contributed by atoms with Gasteiger partial charge < -0.3 is 9.30 Å². The maximum Gasteiger partial charge on any atom is 0.270 e. The first-order chi connectivity index (χ1) is 14.1. The molecule has 7 nitrogen and oxygen atoms in total. The highest BCUT2D eigenvalue weighted by molar-refractivity contribution is 6.33. The minimum atomic E-state index is -0.416. The molecular weight excluding hydrogens is 392 g/mol. The fourth-order valence-electron chi connectivity index (χ4n) is 3.37. The first-order valence-electron chi connectivity index (χ1n) is 9.83. The third-order valence-electron chi connectivity index (χ3n) is 4.80. The van der Waals surface area contributed by atoms with Crippen LogP contribution in [0.4, 0.5) is 5.69 Å². The number of benzene rings is 2. The van der Waals surface area contributed by atoms with Gasteiger partial charge in [-0.1, -0.05) is 37.6 Å². The number of imidazole rings is 1. The monoisotopic (exact) mass is 416 g/mol. The van der Waals surface area contributed by atoms with E-state index in [0.717, 1.165) is 50.4 Å². The number of halogens is 1. The predicted molar refractivity (Wildman–Crippen MR) is 115 cm³/mol. The Morgan fingerprint density at radius 3 is 2.59 bits per heavy atom. The largest absolute Gasteiger partial charge is 0.379 e. The van der Waals surface area contributed by atoms with Crippen molar-refractivity contribution in [3.63, 3.8) is 0 Å². The number of nitro benzene ring substituents is 1. The van der Waals surface area contributed by atoms with Crippen molar-refractivity contribution in [3.8, 4) is 11.4 Å². The highest BCUT2D eigenvalue weighted by atomic mass is 35.5. The van der Waals surface area contributed by atoms with Crippen LogP contribution >= 0.6 is 11.6 Å². The fraction of sp³-hybridized carbons (Fsp3) is 0.381. The lowest BCUT2D eigenvalue weighted by Crippen LogP contribution is -2.38. The van der Waals surface area contributed by atoms with Crippen molar-refractivity contribution >= 4 is 28.3 Å². The molecule has 0 atom stereocenters. The number of hydrogen-bond acceptors (Lipinski definition) is 5. The zero-order chi connectivity index (χ0) is 20.8. The Morgan fingerprint density at radius 2 is 1.86 bits per heavy atom. The number of non-ortho nitro benzene ring substituents is 1. The van der Waals surface area contributed by atoms with Gasteiger partial charge in [0.1, 0.15) is 5.82 Å². The normalized spacial score (nSPS) is 14.4. The molecule has 154 valence electrons.